The summed E-state index contributed by atoms with van der Waals surface area (Å²) in [5.74, 6) is -0.848. The lowest BCUT2D eigenvalue weighted by Crippen LogP contribution is -2.30. The van der Waals surface area contributed by atoms with Crippen LogP contribution >= 0.6 is 0 Å². The lowest BCUT2D eigenvalue weighted by atomic mass is 10.3. The van der Waals surface area contributed by atoms with Crippen LogP contribution in [-0.2, 0) is 19.6 Å². The zero-order chi connectivity index (χ0) is 18.2. The smallest absolute Gasteiger partial charge is 0.369 e. The third-order valence-corrected chi connectivity index (χ3v) is 5.09. The Balaban J connectivity index is 3.06. The highest BCUT2D eigenvalue weighted by Gasteiger charge is 2.21. The summed E-state index contributed by atoms with van der Waals surface area (Å²) in [5, 5.41) is 12.6. The fraction of sp³-hybridized carbons (Fsp3) is 0.400. The fourth-order valence-corrected chi connectivity index (χ4v) is 3.38. The first-order chi connectivity index (χ1) is 11.4. The average Bonchev–Trinajstić information content (AvgIpc) is 2.57. The molecule has 1 N–H and O–H groups in total. The monoisotopic (exact) mass is 352 g/mol. The van der Waals surface area contributed by atoms with Gasteiger partial charge < -0.3 is 4.74 Å². The molecule has 0 bridgehead atoms. The molecule has 0 saturated carbocycles. The van der Waals surface area contributed by atoms with Crippen molar-refractivity contribution >= 4 is 27.4 Å². The van der Waals surface area contributed by atoms with Crippen molar-refractivity contribution in [1.29, 1.82) is 5.26 Å². The molecule has 0 aliphatic carbocycles. The van der Waals surface area contributed by atoms with Gasteiger partial charge in [0.2, 0.25) is 15.7 Å². The number of nitriles is 1. The number of nitrogens with one attached hydrogen (secondary N) is 1. The summed E-state index contributed by atoms with van der Waals surface area (Å²) in [6.45, 7) is 5.96. The maximum atomic E-state index is 12.5. The summed E-state index contributed by atoms with van der Waals surface area (Å²) in [4.78, 5) is 11.6. The minimum Gasteiger partial charge on any atom is -0.461 e. The van der Waals surface area contributed by atoms with E-state index in [0.717, 1.165) is 0 Å². The topological polar surface area (TPSA) is 112 Å². The van der Waals surface area contributed by atoms with Crippen LogP contribution < -0.4 is 5.43 Å². The van der Waals surface area contributed by atoms with Gasteiger partial charge in [0.1, 0.15) is 6.07 Å². The van der Waals surface area contributed by atoms with Crippen molar-refractivity contribution in [3.8, 4) is 6.07 Å². The molecule has 0 aliphatic rings. The number of rotatable bonds is 8. The Bertz CT molecular complexity index is 749. The van der Waals surface area contributed by atoms with E-state index in [4.69, 9.17) is 5.26 Å². The van der Waals surface area contributed by atoms with Gasteiger partial charge in [0.25, 0.3) is 0 Å². The zero-order valence-electron chi connectivity index (χ0n) is 13.8. The number of ether oxygens (including phenoxy) is 1. The molecule has 0 amide bonds. The van der Waals surface area contributed by atoms with Crippen molar-refractivity contribution in [3.63, 3.8) is 0 Å². The molecule has 0 atom stereocenters. The predicted octanol–water partition coefficient (Wildman–Crippen LogP) is 1.57. The number of hydrazone groups is 1. The first-order valence-electron chi connectivity index (χ1n) is 7.41. The van der Waals surface area contributed by atoms with Gasteiger partial charge >= 0.3 is 5.97 Å². The number of hydrogen-bond acceptors (Lipinski definition) is 7. The predicted molar refractivity (Wildman–Crippen MR) is 89.9 cm³/mol. The van der Waals surface area contributed by atoms with Gasteiger partial charge in [-0.15, -0.1) is 0 Å². The highest BCUT2D eigenvalue weighted by Crippen LogP contribution is 2.19. The molecule has 8 nitrogen and oxygen atoms in total. The van der Waals surface area contributed by atoms with Crippen molar-refractivity contribution in [1.82, 2.24) is 4.31 Å². The van der Waals surface area contributed by atoms with Crippen molar-refractivity contribution in [3.05, 3.63) is 24.3 Å². The SMILES string of the molecule is CCOC(=O)C(C#N)=NNc1cccc(S(=O)(=O)N(CC)CC)c1. The molecule has 24 heavy (non-hydrogen) atoms. The number of carbonyl (C=O) groups excluding carboxylic acids is 1. The summed E-state index contributed by atoms with van der Waals surface area (Å²) in [5.41, 5.74) is 2.39. The van der Waals surface area contributed by atoms with Crippen LogP contribution in [0.3, 0.4) is 0 Å². The number of anilines is 1. The van der Waals surface area contributed by atoms with Crippen LogP contribution in [0.1, 0.15) is 20.8 Å². The van der Waals surface area contributed by atoms with Crippen molar-refractivity contribution < 1.29 is 17.9 Å². The van der Waals surface area contributed by atoms with E-state index >= 15 is 0 Å². The van der Waals surface area contributed by atoms with Gasteiger partial charge in [-0.1, -0.05) is 19.9 Å². The summed E-state index contributed by atoms with van der Waals surface area (Å²) < 4.78 is 31.0. The minimum absolute atomic E-state index is 0.0982. The first kappa shape index (κ1) is 19.6. The molecule has 1 aromatic carbocycles. The third-order valence-electron chi connectivity index (χ3n) is 3.05. The second kappa shape index (κ2) is 9.00. The number of hydrogen-bond donors (Lipinski definition) is 1. The van der Waals surface area contributed by atoms with Gasteiger partial charge in [0.05, 0.1) is 17.2 Å². The Morgan fingerprint density at radius 2 is 2.00 bits per heavy atom. The quantitative estimate of drug-likeness (QED) is 0.432. The number of carbonyl (C=O) groups is 1. The Kier molecular flexibility index (Phi) is 7.35. The van der Waals surface area contributed by atoms with Gasteiger partial charge in [-0.05, 0) is 25.1 Å². The van der Waals surface area contributed by atoms with E-state index in [1.54, 1.807) is 39.0 Å². The molecule has 0 spiro atoms. The molecule has 0 unspecified atom stereocenters. The van der Waals surface area contributed by atoms with Crippen molar-refractivity contribution in [2.24, 2.45) is 5.10 Å². The van der Waals surface area contributed by atoms with Gasteiger partial charge in [0, 0.05) is 13.1 Å². The van der Waals surface area contributed by atoms with E-state index in [0.29, 0.717) is 18.8 Å². The van der Waals surface area contributed by atoms with Crippen molar-refractivity contribution in [2.45, 2.75) is 25.7 Å². The molecule has 130 valence electrons. The first-order valence-corrected chi connectivity index (χ1v) is 8.85. The van der Waals surface area contributed by atoms with Crippen LogP contribution in [0.4, 0.5) is 5.69 Å². The van der Waals surface area contributed by atoms with Crippen molar-refractivity contribution in [2.75, 3.05) is 25.1 Å². The molecule has 0 fully saturated rings. The second-order valence-corrected chi connectivity index (χ2v) is 6.46. The Morgan fingerprint density at radius 3 is 2.54 bits per heavy atom. The highest BCUT2D eigenvalue weighted by atomic mass is 32.2. The molecule has 0 radical (unpaired) electrons. The van der Waals surface area contributed by atoms with Gasteiger partial charge in [-0.25, -0.2) is 13.2 Å². The zero-order valence-corrected chi connectivity index (χ0v) is 14.6. The van der Waals surface area contributed by atoms with Crippen LogP contribution in [0.2, 0.25) is 0 Å². The second-order valence-electron chi connectivity index (χ2n) is 4.52. The third kappa shape index (κ3) is 4.78. The molecule has 0 aromatic heterocycles. The minimum atomic E-state index is -3.60. The average molecular weight is 352 g/mol. The van der Waals surface area contributed by atoms with E-state index in [2.05, 4.69) is 15.3 Å². The molecule has 0 aliphatic heterocycles. The number of esters is 1. The standard InChI is InChI=1S/C15H20N4O4S/c1-4-19(5-2)24(21,22)13-9-7-8-12(10-13)17-18-14(11-16)15(20)23-6-3/h7-10,17H,4-6H2,1-3H3. The van der Waals surface area contributed by atoms with Crippen LogP contribution in [0.5, 0.6) is 0 Å². The van der Waals surface area contributed by atoms with Crippen LogP contribution in [0, 0.1) is 11.3 Å². The normalized spacial score (nSPS) is 11.9. The van der Waals surface area contributed by atoms with Crippen LogP contribution in [0.25, 0.3) is 0 Å². The number of benzene rings is 1. The Morgan fingerprint density at radius 1 is 1.33 bits per heavy atom. The molecule has 1 aromatic rings. The van der Waals surface area contributed by atoms with Gasteiger partial charge in [-0.3, -0.25) is 5.43 Å². The summed E-state index contributed by atoms with van der Waals surface area (Å²) in [7, 11) is -3.60. The molecule has 1 rings (SSSR count). The number of sulfonamides is 1. The summed E-state index contributed by atoms with van der Waals surface area (Å²) in [6.07, 6.45) is 0. The molecule has 0 saturated heterocycles. The lowest BCUT2D eigenvalue weighted by Gasteiger charge is -2.18. The van der Waals surface area contributed by atoms with Gasteiger partial charge in [-0.2, -0.15) is 14.7 Å². The lowest BCUT2D eigenvalue weighted by molar-refractivity contribution is -0.134. The van der Waals surface area contributed by atoms with E-state index in [1.165, 1.54) is 16.4 Å². The Labute approximate surface area is 141 Å². The molecular weight excluding hydrogens is 332 g/mol. The van der Waals surface area contributed by atoms with Crippen LogP contribution in [-0.4, -0.2) is 44.1 Å². The summed E-state index contributed by atoms with van der Waals surface area (Å²) in [6, 6.07) is 7.60. The maximum Gasteiger partial charge on any atom is 0.369 e. The Hall–Kier alpha value is -2.44. The molecule has 0 heterocycles. The highest BCUT2D eigenvalue weighted by molar-refractivity contribution is 7.89. The fourth-order valence-electron chi connectivity index (χ4n) is 1.87. The van der Waals surface area contributed by atoms with E-state index in [-0.39, 0.29) is 11.5 Å². The molecule has 9 heteroatoms. The van der Waals surface area contributed by atoms with E-state index < -0.39 is 21.7 Å². The van der Waals surface area contributed by atoms with E-state index in [1.807, 2.05) is 0 Å². The molecular formula is C15H20N4O4S. The number of nitrogens with zero attached hydrogens (tertiary/aromatic N) is 3. The summed E-state index contributed by atoms with van der Waals surface area (Å²) >= 11 is 0. The van der Waals surface area contributed by atoms with E-state index in [9.17, 15) is 13.2 Å². The maximum absolute atomic E-state index is 12.5. The van der Waals surface area contributed by atoms with Crippen LogP contribution in [0.15, 0.2) is 34.3 Å². The largest absolute Gasteiger partial charge is 0.461 e. The van der Waals surface area contributed by atoms with Gasteiger partial charge in [0.15, 0.2) is 0 Å².